The van der Waals surface area contributed by atoms with Gasteiger partial charge in [0, 0.05) is 6.54 Å². The normalized spacial score (nSPS) is 19.6. The lowest BCUT2D eigenvalue weighted by Gasteiger charge is -2.13. The van der Waals surface area contributed by atoms with Crippen molar-refractivity contribution in [1.82, 2.24) is 5.32 Å². The molecule has 1 aromatic carbocycles. The Kier molecular flexibility index (Phi) is 3.10. The Hall–Kier alpha value is -1.88. The van der Waals surface area contributed by atoms with Gasteiger partial charge in [-0.3, -0.25) is 4.79 Å². The summed E-state index contributed by atoms with van der Waals surface area (Å²) in [5.41, 5.74) is 7.04. The zero-order chi connectivity index (χ0) is 12.4. The van der Waals surface area contributed by atoms with Gasteiger partial charge in [-0.15, -0.1) is 0 Å². The summed E-state index contributed by atoms with van der Waals surface area (Å²) < 4.78 is 0. The number of nitrogens with one attached hydrogen (secondary N) is 1. The Morgan fingerprint density at radius 1 is 1.29 bits per heavy atom. The Morgan fingerprint density at radius 2 is 1.94 bits per heavy atom. The van der Waals surface area contributed by atoms with E-state index < -0.39 is 6.04 Å². The monoisotopic (exact) mass is 233 g/mol. The lowest BCUT2D eigenvalue weighted by atomic mass is 10.2. The molecule has 1 aliphatic heterocycles. The van der Waals surface area contributed by atoms with Crippen LogP contribution in [-0.4, -0.2) is 18.0 Å². The standard InChI is InChI=1S/C12H15N3O2/c1-2-10-11(16)15(12(17)14-10)9-5-3-8(7-13)4-6-9/h3-6,10H,2,7,13H2,1H3,(H,14,17). The third kappa shape index (κ3) is 2.01. The Balaban J connectivity index is 2.27. The van der Waals surface area contributed by atoms with Gasteiger partial charge >= 0.3 is 6.03 Å². The van der Waals surface area contributed by atoms with Crippen molar-refractivity contribution in [3.8, 4) is 0 Å². The van der Waals surface area contributed by atoms with Gasteiger partial charge in [0.2, 0.25) is 0 Å². The van der Waals surface area contributed by atoms with Crippen LogP contribution in [0.15, 0.2) is 24.3 Å². The van der Waals surface area contributed by atoms with Crippen molar-refractivity contribution in [3.05, 3.63) is 29.8 Å². The predicted molar refractivity (Wildman–Crippen MR) is 64.4 cm³/mol. The maximum absolute atomic E-state index is 11.9. The first-order valence-electron chi connectivity index (χ1n) is 5.60. The molecule has 0 saturated carbocycles. The number of rotatable bonds is 3. The number of carbonyl (C=O) groups excluding carboxylic acids is 2. The van der Waals surface area contributed by atoms with E-state index in [1.165, 1.54) is 4.90 Å². The maximum Gasteiger partial charge on any atom is 0.329 e. The van der Waals surface area contributed by atoms with Crippen LogP contribution in [0.5, 0.6) is 0 Å². The second-order valence-electron chi connectivity index (χ2n) is 3.95. The minimum Gasteiger partial charge on any atom is -0.326 e. The number of hydrogen-bond acceptors (Lipinski definition) is 3. The largest absolute Gasteiger partial charge is 0.329 e. The molecule has 1 atom stereocenters. The minimum absolute atomic E-state index is 0.196. The highest BCUT2D eigenvalue weighted by Gasteiger charge is 2.37. The number of hydrogen-bond donors (Lipinski definition) is 2. The zero-order valence-corrected chi connectivity index (χ0v) is 9.64. The van der Waals surface area contributed by atoms with Crippen molar-refractivity contribution in [2.24, 2.45) is 5.73 Å². The molecule has 2 rings (SSSR count). The van der Waals surface area contributed by atoms with Gasteiger partial charge in [0.05, 0.1) is 5.69 Å². The summed E-state index contributed by atoms with van der Waals surface area (Å²) in [6.45, 7) is 2.31. The number of carbonyl (C=O) groups is 2. The van der Waals surface area contributed by atoms with Crippen molar-refractivity contribution in [2.75, 3.05) is 4.90 Å². The van der Waals surface area contributed by atoms with Crippen molar-refractivity contribution in [2.45, 2.75) is 25.9 Å². The smallest absolute Gasteiger partial charge is 0.326 e. The van der Waals surface area contributed by atoms with E-state index in [1.807, 2.05) is 19.1 Å². The van der Waals surface area contributed by atoms with E-state index in [2.05, 4.69) is 5.32 Å². The number of amides is 3. The number of anilines is 1. The molecule has 0 spiro atoms. The van der Waals surface area contributed by atoms with E-state index in [4.69, 9.17) is 5.73 Å². The molecule has 1 heterocycles. The molecule has 0 aliphatic carbocycles. The number of imide groups is 1. The molecule has 1 unspecified atom stereocenters. The van der Waals surface area contributed by atoms with Gasteiger partial charge in [-0.1, -0.05) is 19.1 Å². The Bertz CT molecular complexity index is 442. The first-order chi connectivity index (χ1) is 8.17. The molecule has 1 aromatic rings. The molecule has 90 valence electrons. The molecule has 3 N–H and O–H groups in total. The predicted octanol–water partition coefficient (Wildman–Crippen LogP) is 0.980. The molecule has 5 nitrogen and oxygen atoms in total. The number of urea groups is 1. The van der Waals surface area contributed by atoms with E-state index in [0.29, 0.717) is 18.7 Å². The van der Waals surface area contributed by atoms with Crippen LogP contribution in [0.3, 0.4) is 0 Å². The van der Waals surface area contributed by atoms with Gasteiger partial charge in [0.25, 0.3) is 5.91 Å². The highest BCUT2D eigenvalue weighted by Crippen LogP contribution is 2.20. The van der Waals surface area contributed by atoms with Gasteiger partial charge in [-0.05, 0) is 24.1 Å². The lowest BCUT2D eigenvalue weighted by Crippen LogP contribution is -2.31. The third-order valence-corrected chi connectivity index (χ3v) is 2.86. The first-order valence-corrected chi connectivity index (χ1v) is 5.60. The van der Waals surface area contributed by atoms with E-state index in [9.17, 15) is 9.59 Å². The van der Waals surface area contributed by atoms with Crippen molar-refractivity contribution in [1.29, 1.82) is 0 Å². The molecule has 1 saturated heterocycles. The van der Waals surface area contributed by atoms with Crippen LogP contribution in [0, 0.1) is 0 Å². The molecule has 1 fully saturated rings. The number of nitrogens with zero attached hydrogens (tertiary/aromatic N) is 1. The van der Waals surface area contributed by atoms with Crippen LogP contribution >= 0.6 is 0 Å². The van der Waals surface area contributed by atoms with Gasteiger partial charge < -0.3 is 11.1 Å². The molecule has 3 amide bonds. The topological polar surface area (TPSA) is 75.4 Å². The summed E-state index contributed by atoms with van der Waals surface area (Å²) in [5, 5.41) is 2.64. The zero-order valence-electron chi connectivity index (χ0n) is 9.64. The van der Waals surface area contributed by atoms with Crippen molar-refractivity contribution in [3.63, 3.8) is 0 Å². The molecular formula is C12H15N3O2. The van der Waals surface area contributed by atoms with Crippen molar-refractivity contribution < 1.29 is 9.59 Å². The molecule has 1 aliphatic rings. The quantitative estimate of drug-likeness (QED) is 0.764. The van der Waals surface area contributed by atoms with Gasteiger partial charge in [-0.25, -0.2) is 9.69 Å². The molecule has 0 aromatic heterocycles. The minimum atomic E-state index is -0.406. The van der Waals surface area contributed by atoms with E-state index in [-0.39, 0.29) is 11.9 Å². The average molecular weight is 233 g/mol. The van der Waals surface area contributed by atoms with Gasteiger partial charge in [0.15, 0.2) is 0 Å². The van der Waals surface area contributed by atoms with Crippen LogP contribution in [0.1, 0.15) is 18.9 Å². The molecule has 5 heteroatoms. The maximum atomic E-state index is 11.9. The van der Waals surface area contributed by atoms with Gasteiger partial charge in [0.1, 0.15) is 6.04 Å². The van der Waals surface area contributed by atoms with Crippen LogP contribution in [0.2, 0.25) is 0 Å². The van der Waals surface area contributed by atoms with Crippen LogP contribution in [0.25, 0.3) is 0 Å². The third-order valence-electron chi connectivity index (χ3n) is 2.86. The average Bonchev–Trinajstić information content (AvgIpc) is 2.64. The summed E-state index contributed by atoms with van der Waals surface area (Å²) in [6.07, 6.45) is 0.599. The fourth-order valence-electron chi connectivity index (χ4n) is 1.83. The van der Waals surface area contributed by atoms with E-state index >= 15 is 0 Å². The van der Waals surface area contributed by atoms with Crippen LogP contribution < -0.4 is 16.0 Å². The lowest BCUT2D eigenvalue weighted by molar-refractivity contribution is -0.118. The second kappa shape index (κ2) is 4.55. The fourth-order valence-corrected chi connectivity index (χ4v) is 1.83. The van der Waals surface area contributed by atoms with Crippen molar-refractivity contribution >= 4 is 17.6 Å². The summed E-state index contributed by atoms with van der Waals surface area (Å²) >= 11 is 0. The van der Waals surface area contributed by atoms with E-state index in [0.717, 1.165) is 5.56 Å². The molecular weight excluding hydrogens is 218 g/mol. The molecule has 17 heavy (non-hydrogen) atoms. The Labute approximate surface area is 99.6 Å². The highest BCUT2D eigenvalue weighted by molar-refractivity contribution is 6.21. The second-order valence-corrected chi connectivity index (χ2v) is 3.95. The Morgan fingerprint density at radius 3 is 2.41 bits per heavy atom. The highest BCUT2D eigenvalue weighted by atomic mass is 16.2. The summed E-state index contributed by atoms with van der Waals surface area (Å²) in [5.74, 6) is -0.196. The summed E-state index contributed by atoms with van der Waals surface area (Å²) in [6, 6.07) is 6.33. The van der Waals surface area contributed by atoms with Crippen LogP contribution in [0.4, 0.5) is 10.5 Å². The summed E-state index contributed by atoms with van der Waals surface area (Å²) in [4.78, 5) is 24.8. The first kappa shape index (κ1) is 11.6. The SMILES string of the molecule is CCC1NC(=O)N(c2ccc(CN)cc2)C1=O. The fraction of sp³-hybridized carbons (Fsp3) is 0.333. The van der Waals surface area contributed by atoms with Crippen LogP contribution in [-0.2, 0) is 11.3 Å². The van der Waals surface area contributed by atoms with Gasteiger partial charge in [-0.2, -0.15) is 0 Å². The number of benzene rings is 1. The van der Waals surface area contributed by atoms with E-state index in [1.54, 1.807) is 12.1 Å². The summed E-state index contributed by atoms with van der Waals surface area (Å²) in [7, 11) is 0. The molecule has 0 radical (unpaired) electrons. The number of nitrogens with two attached hydrogens (primary N) is 1. The molecule has 0 bridgehead atoms.